The van der Waals surface area contributed by atoms with Gasteiger partial charge in [-0.05, 0) is 72.2 Å². The average molecular weight is 703 g/mol. The second kappa shape index (κ2) is 14.9. The van der Waals surface area contributed by atoms with Crippen molar-refractivity contribution in [2.75, 3.05) is 46.2 Å². The van der Waals surface area contributed by atoms with Crippen LogP contribution in [0, 0.1) is 11.3 Å². The van der Waals surface area contributed by atoms with E-state index in [4.69, 9.17) is 14.9 Å². The zero-order valence-electron chi connectivity index (χ0n) is 29.4. The Hall–Kier alpha value is -4.26. The van der Waals surface area contributed by atoms with E-state index in [1.807, 2.05) is 30.6 Å². The van der Waals surface area contributed by atoms with Gasteiger partial charge in [0.15, 0.2) is 0 Å². The lowest BCUT2D eigenvalue weighted by atomic mass is 9.81. The molecular weight excluding hydrogens is 655 g/mol. The summed E-state index contributed by atoms with van der Waals surface area (Å²) in [6.07, 6.45) is 8.79. The first-order chi connectivity index (χ1) is 24.0. The van der Waals surface area contributed by atoms with Crippen LogP contribution in [0.3, 0.4) is 0 Å². The first-order valence-corrected chi connectivity index (χ1v) is 19.2. The number of rotatable bonds is 10. The third-order valence-corrected chi connectivity index (χ3v) is 11.6. The van der Waals surface area contributed by atoms with E-state index in [1.165, 1.54) is 12.0 Å². The topological polar surface area (TPSA) is 147 Å². The Morgan fingerprint density at radius 1 is 1.10 bits per heavy atom. The molecule has 6 rings (SSSR count). The van der Waals surface area contributed by atoms with E-state index in [-0.39, 0.29) is 23.1 Å². The molecule has 2 fully saturated rings. The highest BCUT2D eigenvalue weighted by Gasteiger charge is 2.33. The van der Waals surface area contributed by atoms with E-state index >= 15 is 0 Å². The van der Waals surface area contributed by atoms with Crippen molar-refractivity contribution in [2.45, 2.75) is 58.4 Å². The van der Waals surface area contributed by atoms with Gasteiger partial charge < -0.3 is 29.7 Å². The van der Waals surface area contributed by atoms with Crippen LogP contribution >= 0.6 is 0 Å². The molecule has 3 aliphatic rings. The van der Waals surface area contributed by atoms with Crippen LogP contribution in [0.25, 0.3) is 28.2 Å². The molecule has 0 radical (unpaired) electrons. The van der Waals surface area contributed by atoms with Gasteiger partial charge in [0, 0.05) is 46.9 Å². The predicted molar refractivity (Wildman–Crippen MR) is 195 cm³/mol. The number of fused-ring (bicyclic) bond motifs is 5. The number of hydrogen-bond donors (Lipinski definition) is 3. The predicted octanol–water partition coefficient (Wildman–Crippen LogP) is 4.43. The number of nitrogens with two attached hydrogens (primary N) is 1. The normalized spacial score (nSPS) is 17.4. The molecule has 1 saturated carbocycles. The number of aromatic nitrogens is 1. The largest absolute Gasteiger partial charge is 0.497 e. The third-order valence-electron chi connectivity index (χ3n) is 9.95. The first kappa shape index (κ1) is 35.6. The second-order valence-corrected chi connectivity index (χ2v) is 15.6. The van der Waals surface area contributed by atoms with Crippen LogP contribution in [0.4, 0.5) is 0 Å². The Bertz CT molecular complexity index is 1980. The van der Waals surface area contributed by atoms with Gasteiger partial charge in [0.2, 0.25) is 10.0 Å². The molecule has 0 bridgehead atoms. The minimum Gasteiger partial charge on any atom is -0.497 e. The van der Waals surface area contributed by atoms with E-state index < -0.39 is 15.9 Å². The summed E-state index contributed by atoms with van der Waals surface area (Å²) in [6, 6.07) is 11.5. The van der Waals surface area contributed by atoms with E-state index in [1.54, 1.807) is 38.0 Å². The quantitative estimate of drug-likeness (QED) is 0.211. The van der Waals surface area contributed by atoms with Crippen molar-refractivity contribution in [1.29, 1.82) is 5.41 Å². The van der Waals surface area contributed by atoms with E-state index in [0.717, 1.165) is 65.2 Å². The Kier molecular flexibility index (Phi) is 10.6. The summed E-state index contributed by atoms with van der Waals surface area (Å²) in [5.74, 6) is -0.158. The van der Waals surface area contributed by atoms with Gasteiger partial charge in [-0.3, -0.25) is 9.59 Å². The summed E-state index contributed by atoms with van der Waals surface area (Å²) >= 11 is 0. The lowest BCUT2D eigenvalue weighted by Crippen LogP contribution is -2.78. The van der Waals surface area contributed by atoms with E-state index in [2.05, 4.69) is 21.4 Å². The molecule has 0 atom stereocenters. The molecule has 50 heavy (non-hydrogen) atoms. The number of methoxy groups -OCH3 is 1. The van der Waals surface area contributed by atoms with Gasteiger partial charge in [0.25, 0.3) is 11.8 Å². The van der Waals surface area contributed by atoms with E-state index in [9.17, 15) is 18.0 Å². The minimum atomic E-state index is -3.82. The molecule has 3 heterocycles. The summed E-state index contributed by atoms with van der Waals surface area (Å²) in [5, 5.41) is 11.3. The molecule has 2 aromatic carbocycles. The molecule has 1 aromatic heterocycles. The second-order valence-electron chi connectivity index (χ2n) is 13.8. The number of sulfonamides is 1. The molecule has 2 aliphatic heterocycles. The van der Waals surface area contributed by atoms with Crippen molar-refractivity contribution in [1.82, 2.24) is 14.2 Å². The highest BCUT2D eigenvalue weighted by Crippen LogP contribution is 2.47. The van der Waals surface area contributed by atoms with Crippen LogP contribution in [0.5, 0.6) is 5.75 Å². The van der Waals surface area contributed by atoms with Gasteiger partial charge >= 0.3 is 0 Å². The molecule has 3 aromatic rings. The fourth-order valence-electron chi connectivity index (χ4n) is 7.73. The van der Waals surface area contributed by atoms with Crippen LogP contribution in [0.1, 0.15) is 73.4 Å². The molecule has 2 amide bonds. The van der Waals surface area contributed by atoms with Crippen molar-refractivity contribution in [3.8, 4) is 17.0 Å². The van der Waals surface area contributed by atoms with Crippen LogP contribution in [0.2, 0.25) is 0 Å². The maximum atomic E-state index is 13.9. The number of benzene rings is 2. The molecule has 0 unspecified atom stereocenters. The highest BCUT2D eigenvalue weighted by molar-refractivity contribution is 7.90. The van der Waals surface area contributed by atoms with Crippen LogP contribution in [-0.4, -0.2) is 82.1 Å². The van der Waals surface area contributed by atoms with Gasteiger partial charge in [-0.25, -0.2) is 13.1 Å². The summed E-state index contributed by atoms with van der Waals surface area (Å²) < 4.78 is 41.2. The highest BCUT2D eigenvalue weighted by atomic mass is 32.2. The Morgan fingerprint density at radius 3 is 2.50 bits per heavy atom. The molecule has 0 spiro atoms. The summed E-state index contributed by atoms with van der Waals surface area (Å²) in [7, 11) is -0.299. The van der Waals surface area contributed by atoms with Crippen molar-refractivity contribution in [3.63, 3.8) is 0 Å². The Labute approximate surface area is 294 Å². The molecular formula is C38H48N5O6S+. The number of hydrogen-bond acceptors (Lipinski definition) is 7. The average Bonchev–Trinajstić information content (AvgIpc) is 3.32. The number of ether oxygens (including phenoxy) is 2. The molecule has 11 nitrogen and oxygen atoms in total. The van der Waals surface area contributed by atoms with Crippen molar-refractivity contribution >= 4 is 45.0 Å². The fourth-order valence-corrected chi connectivity index (χ4v) is 9.09. The number of carbonyl (C=O) groups excluding carboxylic acids is 2. The van der Waals surface area contributed by atoms with Crippen LogP contribution in [0.15, 0.2) is 53.2 Å². The van der Waals surface area contributed by atoms with Crippen molar-refractivity contribution in [3.05, 3.63) is 69.9 Å². The lowest BCUT2D eigenvalue weighted by Gasteiger charge is -2.27. The third kappa shape index (κ3) is 7.15. The number of morpholine rings is 1. The zero-order valence-corrected chi connectivity index (χ0v) is 30.2. The number of carbonyl (C=O) groups is 2. The summed E-state index contributed by atoms with van der Waals surface area (Å²) in [5.41, 5.74) is 7.08. The summed E-state index contributed by atoms with van der Waals surface area (Å²) in [6.45, 7) is 5.78. The number of nitrogens with one attached hydrogen (secondary N) is 2. The number of nitrogens with zero attached hydrogens (tertiary/aromatic N) is 2. The van der Waals surface area contributed by atoms with Crippen molar-refractivity contribution < 1.29 is 32.8 Å². The van der Waals surface area contributed by atoms with E-state index in [0.29, 0.717) is 55.8 Å². The van der Waals surface area contributed by atoms with Gasteiger partial charge in [-0.1, -0.05) is 39.2 Å². The maximum absolute atomic E-state index is 13.9. The van der Waals surface area contributed by atoms with Crippen LogP contribution < -0.4 is 14.8 Å². The number of likely N-dealkylation sites (N-methyl/N-ethyl adjacent to an activating group) is 1. The number of amides is 2. The standard InChI is InChI=1S/C38H47N5O6S/c1-24(2)23-50(46,47)41-37(44)26-10-12-31-33(20-26)43-22-28(35(40-3)32(21-39)38(45)42-14-16-49-17-15-42)18-27-19-29(48-4)11-13-30(27)36(43)34(31)25-8-6-5-7-9-25/h10-13,18-21,24-25,39-40H,5-9,14-17,22-23H2,1-4H3,(H,41,44)/p+1. The SMILES string of the molecule is C[NH2+]C(C1=Cc2cc(OC)ccc2-c2c(C3CCCCC3)c3ccc(C(=O)NS(=O)(=O)CC(C)C)cc3n2C1)=C(C=N)C(=O)N1CCOCC1. The maximum Gasteiger partial charge on any atom is 0.264 e. The fraction of sp³-hybridized carbons (Fsp3) is 0.447. The first-order valence-electron chi connectivity index (χ1n) is 17.6. The minimum absolute atomic E-state index is 0.135. The molecule has 4 N–H and O–H groups in total. The molecule has 266 valence electrons. The van der Waals surface area contributed by atoms with Crippen molar-refractivity contribution in [2.24, 2.45) is 5.92 Å². The van der Waals surface area contributed by atoms with Gasteiger partial charge in [-0.15, -0.1) is 0 Å². The molecule has 1 aliphatic carbocycles. The van der Waals surface area contributed by atoms with Gasteiger partial charge in [-0.2, -0.15) is 0 Å². The molecule has 1 saturated heterocycles. The van der Waals surface area contributed by atoms with Gasteiger partial charge in [0.1, 0.15) is 17.0 Å². The zero-order chi connectivity index (χ0) is 35.6. The smallest absolute Gasteiger partial charge is 0.264 e. The van der Waals surface area contributed by atoms with Crippen LogP contribution in [-0.2, 0) is 26.1 Å². The molecule has 12 heteroatoms. The Balaban J connectivity index is 1.58. The lowest BCUT2D eigenvalue weighted by molar-refractivity contribution is -0.573. The number of quaternary nitrogens is 1. The summed E-state index contributed by atoms with van der Waals surface area (Å²) in [4.78, 5) is 29.1. The Morgan fingerprint density at radius 2 is 1.84 bits per heavy atom. The number of allylic oxidation sites excluding steroid dienone is 1. The van der Waals surface area contributed by atoms with Gasteiger partial charge in [0.05, 0.1) is 45.4 Å². The monoisotopic (exact) mass is 702 g/mol.